The average molecular weight is 550 g/mol. The Hall–Kier alpha value is -3.26. The van der Waals surface area contributed by atoms with Gasteiger partial charge in [0.1, 0.15) is 22.8 Å². The summed E-state index contributed by atoms with van der Waals surface area (Å²) in [6.07, 6.45) is 7.82. The zero-order valence-corrected chi connectivity index (χ0v) is 24.2. The van der Waals surface area contributed by atoms with Gasteiger partial charge in [-0.2, -0.15) is 0 Å². The third kappa shape index (κ3) is 5.64. The molecule has 1 saturated carbocycles. The number of rotatable bonds is 10. The summed E-state index contributed by atoms with van der Waals surface area (Å²) in [5.74, 6) is 2.54. The Morgan fingerprint density at radius 1 is 0.875 bits per heavy atom. The van der Waals surface area contributed by atoms with Gasteiger partial charge in [-0.1, -0.05) is 49.6 Å². The van der Waals surface area contributed by atoms with Gasteiger partial charge in [-0.25, -0.2) is 4.79 Å². The minimum absolute atomic E-state index is 0.00962. The van der Waals surface area contributed by atoms with E-state index in [0.29, 0.717) is 68.7 Å². The molecule has 2 saturated heterocycles. The van der Waals surface area contributed by atoms with Gasteiger partial charge in [0, 0.05) is 44.9 Å². The predicted octanol–water partition coefficient (Wildman–Crippen LogP) is 5.13. The fourth-order valence-electron chi connectivity index (χ4n) is 6.79. The molecule has 2 aromatic carbocycles. The van der Waals surface area contributed by atoms with Crippen LogP contribution in [0.15, 0.2) is 42.5 Å². The lowest BCUT2D eigenvalue weighted by Crippen LogP contribution is -2.56. The zero-order chi connectivity index (χ0) is 28.1. The van der Waals surface area contributed by atoms with Crippen molar-refractivity contribution in [3.8, 4) is 17.2 Å². The average Bonchev–Trinajstić information content (AvgIpc) is 3.18. The van der Waals surface area contributed by atoms with Crippen molar-refractivity contribution < 1.29 is 23.8 Å². The number of methoxy groups -OCH3 is 3. The Labute approximate surface area is 238 Å². The number of carbonyl (C=O) groups excluding carboxylic acids is 2. The minimum Gasteiger partial charge on any atom is -0.496 e. The van der Waals surface area contributed by atoms with Gasteiger partial charge in [-0.3, -0.25) is 14.6 Å². The quantitative estimate of drug-likeness (QED) is 0.383. The predicted molar refractivity (Wildman–Crippen MR) is 154 cm³/mol. The second-order valence-corrected chi connectivity index (χ2v) is 11.4. The number of urea groups is 1. The third-order valence-electron chi connectivity index (χ3n) is 9.14. The lowest BCUT2D eigenvalue weighted by Gasteiger charge is -2.42. The molecule has 3 amide bonds. The molecular weight excluding hydrogens is 506 g/mol. The molecule has 216 valence electrons. The minimum atomic E-state index is -0.773. The maximum atomic E-state index is 14.1. The summed E-state index contributed by atoms with van der Waals surface area (Å²) in [7, 11) is 4.92. The first kappa shape index (κ1) is 28.3. The molecule has 3 aliphatic rings. The molecule has 3 fully saturated rings. The molecule has 0 atom stereocenters. The largest absolute Gasteiger partial charge is 0.496 e. The molecule has 0 radical (unpaired) electrons. The molecule has 8 heteroatoms. The molecule has 40 heavy (non-hydrogen) atoms. The summed E-state index contributed by atoms with van der Waals surface area (Å²) >= 11 is 0. The van der Waals surface area contributed by atoms with Gasteiger partial charge in [0.15, 0.2) is 0 Å². The van der Waals surface area contributed by atoms with Crippen LogP contribution >= 0.6 is 0 Å². The van der Waals surface area contributed by atoms with E-state index in [9.17, 15) is 9.59 Å². The van der Waals surface area contributed by atoms with Crippen molar-refractivity contribution in [1.82, 2.24) is 14.7 Å². The summed E-state index contributed by atoms with van der Waals surface area (Å²) < 4.78 is 16.8. The topological polar surface area (TPSA) is 71.6 Å². The summed E-state index contributed by atoms with van der Waals surface area (Å²) in [6.45, 7) is 3.15. The molecule has 2 aliphatic heterocycles. The number of carbonyl (C=O) groups is 2. The van der Waals surface area contributed by atoms with E-state index in [1.165, 1.54) is 24.8 Å². The number of hydrogen-bond donors (Lipinski definition) is 0. The normalized spacial score (nSPS) is 19.9. The van der Waals surface area contributed by atoms with Crippen molar-refractivity contribution >= 4 is 11.9 Å². The Bertz CT molecular complexity index is 1150. The number of benzene rings is 2. The highest BCUT2D eigenvalue weighted by molar-refractivity contribution is 6.07. The Kier molecular flexibility index (Phi) is 8.84. The van der Waals surface area contributed by atoms with Crippen LogP contribution in [0.3, 0.4) is 0 Å². The van der Waals surface area contributed by atoms with Crippen LogP contribution in [0.5, 0.6) is 17.2 Å². The van der Waals surface area contributed by atoms with Crippen LogP contribution in [0.1, 0.15) is 56.1 Å². The fraction of sp³-hybridized carbons (Fsp3) is 0.562. The monoisotopic (exact) mass is 549 g/mol. The fourth-order valence-corrected chi connectivity index (χ4v) is 6.79. The summed E-state index contributed by atoms with van der Waals surface area (Å²) in [4.78, 5) is 33.8. The number of nitrogens with zero attached hydrogens (tertiary/aromatic N) is 3. The molecule has 0 unspecified atom stereocenters. The Balaban J connectivity index is 1.34. The van der Waals surface area contributed by atoms with E-state index in [-0.39, 0.29) is 11.9 Å². The van der Waals surface area contributed by atoms with Gasteiger partial charge in [0.25, 0.3) is 5.91 Å². The highest BCUT2D eigenvalue weighted by Gasteiger charge is 2.57. The molecule has 8 nitrogen and oxygen atoms in total. The van der Waals surface area contributed by atoms with Crippen LogP contribution in [0.2, 0.25) is 0 Å². The van der Waals surface area contributed by atoms with Crippen LogP contribution in [0, 0.1) is 5.92 Å². The Morgan fingerprint density at radius 2 is 1.52 bits per heavy atom. The van der Waals surface area contributed by atoms with Crippen molar-refractivity contribution in [1.29, 1.82) is 0 Å². The highest BCUT2D eigenvalue weighted by Crippen LogP contribution is 2.41. The molecular formula is C32H43N3O5. The van der Waals surface area contributed by atoms with Crippen molar-refractivity contribution in [3.63, 3.8) is 0 Å². The Morgan fingerprint density at radius 3 is 2.12 bits per heavy atom. The van der Waals surface area contributed by atoms with Gasteiger partial charge >= 0.3 is 6.03 Å². The number of likely N-dealkylation sites (tertiary alicyclic amines) is 1. The SMILES string of the molecule is COc1cc(OC)c(CN2CCC3(CC2)C(=O)N(CC2CCCCC2)C(=O)N3CCc2ccccc2)c(OC)c1. The maximum Gasteiger partial charge on any atom is 0.327 e. The lowest BCUT2D eigenvalue weighted by atomic mass is 9.84. The van der Waals surface area contributed by atoms with Crippen LogP contribution in [0.25, 0.3) is 0 Å². The first-order chi connectivity index (χ1) is 19.5. The van der Waals surface area contributed by atoms with Crippen molar-refractivity contribution in [2.45, 2.75) is 63.5 Å². The molecule has 1 aliphatic carbocycles. The second-order valence-electron chi connectivity index (χ2n) is 11.4. The standard InChI is InChI=1S/C32H43N3O5/c1-38-26-20-28(39-2)27(29(21-26)40-3)23-33-18-15-32(16-19-33)30(36)34(22-25-12-8-5-9-13-25)31(37)35(32)17-14-24-10-6-4-7-11-24/h4,6-7,10-11,20-21,25H,5,8-9,12-19,22-23H2,1-3H3. The zero-order valence-electron chi connectivity index (χ0n) is 24.2. The van der Waals surface area contributed by atoms with E-state index in [1.807, 2.05) is 35.2 Å². The van der Waals surface area contributed by atoms with Gasteiger partial charge < -0.3 is 19.1 Å². The third-order valence-corrected chi connectivity index (χ3v) is 9.14. The first-order valence-electron chi connectivity index (χ1n) is 14.7. The van der Waals surface area contributed by atoms with E-state index >= 15 is 0 Å². The number of hydrogen-bond acceptors (Lipinski definition) is 6. The van der Waals surface area contributed by atoms with Gasteiger partial charge in [0.05, 0.1) is 26.9 Å². The summed E-state index contributed by atoms with van der Waals surface area (Å²) in [5, 5.41) is 0. The van der Waals surface area contributed by atoms with Crippen molar-refractivity contribution in [2.75, 3.05) is 47.5 Å². The molecule has 0 aromatic heterocycles. The molecule has 1 spiro atoms. The number of imide groups is 1. The van der Waals surface area contributed by atoms with Gasteiger partial charge in [0.2, 0.25) is 0 Å². The van der Waals surface area contributed by atoms with Crippen LogP contribution < -0.4 is 14.2 Å². The van der Waals surface area contributed by atoms with Crippen LogP contribution in [-0.4, -0.2) is 79.7 Å². The van der Waals surface area contributed by atoms with Crippen LogP contribution in [-0.2, 0) is 17.8 Å². The second kappa shape index (κ2) is 12.5. The summed E-state index contributed by atoms with van der Waals surface area (Å²) in [5.41, 5.74) is 1.36. The molecule has 2 heterocycles. The van der Waals surface area contributed by atoms with Gasteiger partial charge in [-0.05, 0) is 43.6 Å². The number of piperidine rings is 1. The molecule has 2 aromatic rings. The van der Waals surface area contributed by atoms with Gasteiger partial charge in [-0.15, -0.1) is 0 Å². The highest BCUT2D eigenvalue weighted by atomic mass is 16.5. The van der Waals surface area contributed by atoms with E-state index in [0.717, 1.165) is 24.8 Å². The van der Waals surface area contributed by atoms with Crippen molar-refractivity contribution in [2.24, 2.45) is 5.92 Å². The van der Waals surface area contributed by atoms with Crippen molar-refractivity contribution in [3.05, 3.63) is 53.6 Å². The van der Waals surface area contributed by atoms with E-state index in [2.05, 4.69) is 17.0 Å². The molecule has 0 bridgehead atoms. The lowest BCUT2D eigenvalue weighted by molar-refractivity contribution is -0.136. The summed E-state index contributed by atoms with van der Waals surface area (Å²) in [6, 6.07) is 13.9. The smallest absolute Gasteiger partial charge is 0.327 e. The number of ether oxygens (including phenoxy) is 3. The van der Waals surface area contributed by atoms with E-state index in [4.69, 9.17) is 14.2 Å². The molecule has 5 rings (SSSR count). The van der Waals surface area contributed by atoms with E-state index in [1.54, 1.807) is 26.2 Å². The first-order valence-corrected chi connectivity index (χ1v) is 14.7. The van der Waals surface area contributed by atoms with E-state index < -0.39 is 5.54 Å². The number of amides is 3. The molecule has 0 N–H and O–H groups in total. The van der Waals surface area contributed by atoms with Crippen LogP contribution in [0.4, 0.5) is 4.79 Å². The maximum absolute atomic E-state index is 14.1.